The summed E-state index contributed by atoms with van der Waals surface area (Å²) in [6, 6.07) is 10.4. The van der Waals surface area contributed by atoms with Crippen molar-refractivity contribution in [3.05, 3.63) is 47.3 Å². The predicted octanol–water partition coefficient (Wildman–Crippen LogP) is 3.41. The Hall–Kier alpha value is -2.60. The quantitative estimate of drug-likeness (QED) is 0.764. The van der Waals surface area contributed by atoms with E-state index in [0.29, 0.717) is 18.0 Å². The van der Waals surface area contributed by atoms with Gasteiger partial charge in [0.15, 0.2) is 5.82 Å². The van der Waals surface area contributed by atoms with Gasteiger partial charge in [0.2, 0.25) is 5.91 Å². The molecule has 2 N–H and O–H groups in total. The van der Waals surface area contributed by atoms with Crippen LogP contribution in [-0.2, 0) is 11.2 Å². The first kappa shape index (κ1) is 15.9. The molecule has 25 heavy (non-hydrogen) atoms. The van der Waals surface area contributed by atoms with Crippen LogP contribution in [0.1, 0.15) is 36.4 Å². The SMILES string of the molecule is Cc1cc(NC(=O)CCN2CCc3c([nH]c4ccccc34)C2C)no1. The Morgan fingerprint density at radius 2 is 2.28 bits per heavy atom. The van der Waals surface area contributed by atoms with Gasteiger partial charge < -0.3 is 14.8 Å². The molecule has 0 radical (unpaired) electrons. The standard InChI is InChI=1S/C19H22N4O2/c1-12-11-17(22-25-12)21-18(24)8-10-23-9-7-15-14-5-3-4-6-16(14)20-19(15)13(23)2/h3-6,11,13,20H,7-10H2,1-2H3,(H,21,22,24). The number of fused-ring (bicyclic) bond motifs is 3. The second kappa shape index (κ2) is 6.37. The number of nitrogens with one attached hydrogen (secondary N) is 2. The van der Waals surface area contributed by atoms with Gasteiger partial charge in [-0.25, -0.2) is 0 Å². The fourth-order valence-electron chi connectivity index (χ4n) is 3.66. The molecule has 0 bridgehead atoms. The Labute approximate surface area is 146 Å². The lowest BCUT2D eigenvalue weighted by molar-refractivity contribution is -0.116. The van der Waals surface area contributed by atoms with Crippen molar-refractivity contribution in [2.75, 3.05) is 18.4 Å². The first-order valence-electron chi connectivity index (χ1n) is 8.68. The average molecular weight is 338 g/mol. The smallest absolute Gasteiger partial charge is 0.226 e. The fraction of sp³-hybridized carbons (Fsp3) is 0.368. The van der Waals surface area contributed by atoms with E-state index >= 15 is 0 Å². The topological polar surface area (TPSA) is 74.2 Å². The van der Waals surface area contributed by atoms with E-state index in [-0.39, 0.29) is 11.9 Å². The van der Waals surface area contributed by atoms with E-state index in [1.54, 1.807) is 13.0 Å². The molecule has 6 nitrogen and oxygen atoms in total. The lowest BCUT2D eigenvalue weighted by Gasteiger charge is -2.33. The third-order valence-corrected chi connectivity index (χ3v) is 4.98. The van der Waals surface area contributed by atoms with Gasteiger partial charge in [0, 0.05) is 48.2 Å². The normalized spacial score (nSPS) is 17.6. The molecule has 1 aliphatic rings. The summed E-state index contributed by atoms with van der Waals surface area (Å²) in [6.07, 6.45) is 1.44. The molecule has 0 spiro atoms. The number of benzene rings is 1. The van der Waals surface area contributed by atoms with Crippen LogP contribution in [-0.4, -0.2) is 34.0 Å². The first-order chi connectivity index (χ1) is 12.1. The largest absolute Gasteiger partial charge is 0.360 e. The molecule has 0 fully saturated rings. The van der Waals surface area contributed by atoms with E-state index in [1.165, 1.54) is 22.2 Å². The minimum Gasteiger partial charge on any atom is -0.360 e. The Bertz CT molecular complexity index is 911. The highest BCUT2D eigenvalue weighted by atomic mass is 16.5. The van der Waals surface area contributed by atoms with Crippen molar-refractivity contribution in [2.45, 2.75) is 32.7 Å². The van der Waals surface area contributed by atoms with Crippen molar-refractivity contribution in [3.8, 4) is 0 Å². The lowest BCUT2D eigenvalue weighted by atomic mass is 9.98. The van der Waals surface area contributed by atoms with Crippen LogP contribution >= 0.6 is 0 Å². The number of nitrogens with zero attached hydrogens (tertiary/aromatic N) is 2. The number of aryl methyl sites for hydroxylation is 1. The molecule has 3 heterocycles. The second-order valence-corrected chi connectivity index (χ2v) is 6.65. The molecule has 4 rings (SSSR count). The molecule has 1 atom stereocenters. The van der Waals surface area contributed by atoms with Crippen LogP contribution in [0, 0.1) is 6.92 Å². The van der Waals surface area contributed by atoms with Gasteiger partial charge in [-0.05, 0) is 31.9 Å². The number of aromatic nitrogens is 2. The van der Waals surface area contributed by atoms with E-state index in [1.807, 2.05) is 0 Å². The number of H-pyrrole nitrogens is 1. The van der Waals surface area contributed by atoms with Crippen molar-refractivity contribution in [2.24, 2.45) is 0 Å². The maximum Gasteiger partial charge on any atom is 0.226 e. The number of carbonyl (C=O) groups excluding carboxylic acids is 1. The number of para-hydroxylation sites is 1. The van der Waals surface area contributed by atoms with Crippen molar-refractivity contribution in [1.29, 1.82) is 0 Å². The maximum absolute atomic E-state index is 12.1. The van der Waals surface area contributed by atoms with E-state index in [0.717, 1.165) is 19.5 Å². The van der Waals surface area contributed by atoms with E-state index in [9.17, 15) is 4.79 Å². The van der Waals surface area contributed by atoms with Crippen molar-refractivity contribution >= 4 is 22.6 Å². The molecule has 0 aliphatic carbocycles. The summed E-state index contributed by atoms with van der Waals surface area (Å²) in [5.74, 6) is 1.13. The zero-order chi connectivity index (χ0) is 17.4. The molecule has 2 aromatic heterocycles. The van der Waals surface area contributed by atoms with Crippen LogP contribution in [0.4, 0.5) is 5.82 Å². The van der Waals surface area contributed by atoms with Gasteiger partial charge in [0.1, 0.15) is 5.76 Å². The highest BCUT2D eigenvalue weighted by molar-refractivity contribution is 5.89. The van der Waals surface area contributed by atoms with Gasteiger partial charge in [-0.3, -0.25) is 9.69 Å². The van der Waals surface area contributed by atoms with Crippen molar-refractivity contribution in [3.63, 3.8) is 0 Å². The molecule has 1 amide bonds. The Morgan fingerprint density at radius 3 is 3.08 bits per heavy atom. The third-order valence-electron chi connectivity index (χ3n) is 4.98. The minimum atomic E-state index is -0.0389. The van der Waals surface area contributed by atoms with Crippen LogP contribution in [0.2, 0.25) is 0 Å². The highest BCUT2D eigenvalue weighted by Crippen LogP contribution is 2.34. The molecular formula is C19H22N4O2. The van der Waals surface area contributed by atoms with Crippen LogP contribution in [0.3, 0.4) is 0 Å². The fourth-order valence-corrected chi connectivity index (χ4v) is 3.66. The molecule has 6 heteroatoms. The summed E-state index contributed by atoms with van der Waals surface area (Å²) >= 11 is 0. The van der Waals surface area contributed by atoms with Gasteiger partial charge in [0.25, 0.3) is 0 Å². The van der Waals surface area contributed by atoms with Crippen LogP contribution in [0.25, 0.3) is 10.9 Å². The Balaban J connectivity index is 1.41. The molecule has 3 aromatic rings. The first-order valence-corrected chi connectivity index (χ1v) is 8.68. The van der Waals surface area contributed by atoms with Crippen molar-refractivity contribution in [1.82, 2.24) is 15.0 Å². The van der Waals surface area contributed by atoms with Crippen LogP contribution in [0.5, 0.6) is 0 Å². The number of anilines is 1. The summed E-state index contributed by atoms with van der Waals surface area (Å²) < 4.78 is 4.97. The van der Waals surface area contributed by atoms with Gasteiger partial charge >= 0.3 is 0 Å². The zero-order valence-electron chi connectivity index (χ0n) is 14.5. The van der Waals surface area contributed by atoms with Gasteiger partial charge in [-0.1, -0.05) is 23.4 Å². The number of rotatable bonds is 4. The van der Waals surface area contributed by atoms with Gasteiger partial charge in [0.05, 0.1) is 0 Å². The summed E-state index contributed by atoms with van der Waals surface area (Å²) in [6.45, 7) is 5.69. The lowest BCUT2D eigenvalue weighted by Crippen LogP contribution is -2.36. The number of hydrogen-bond acceptors (Lipinski definition) is 4. The Kier molecular flexibility index (Phi) is 4.05. The van der Waals surface area contributed by atoms with Crippen LogP contribution in [0.15, 0.2) is 34.9 Å². The summed E-state index contributed by atoms with van der Waals surface area (Å²) in [4.78, 5) is 18.0. The van der Waals surface area contributed by atoms with E-state index < -0.39 is 0 Å². The number of hydrogen-bond donors (Lipinski definition) is 2. The molecule has 1 unspecified atom stereocenters. The average Bonchev–Trinajstić information content (AvgIpc) is 3.18. The highest BCUT2D eigenvalue weighted by Gasteiger charge is 2.27. The summed E-state index contributed by atoms with van der Waals surface area (Å²) in [7, 11) is 0. The maximum atomic E-state index is 12.1. The zero-order valence-corrected chi connectivity index (χ0v) is 14.5. The summed E-state index contributed by atoms with van der Waals surface area (Å²) in [5, 5.41) is 7.90. The van der Waals surface area contributed by atoms with E-state index in [2.05, 4.69) is 51.5 Å². The minimum absolute atomic E-state index is 0.0389. The number of amides is 1. The van der Waals surface area contributed by atoms with Crippen LogP contribution < -0.4 is 5.32 Å². The summed E-state index contributed by atoms with van der Waals surface area (Å²) in [5.41, 5.74) is 3.89. The molecule has 0 saturated carbocycles. The number of carbonyl (C=O) groups is 1. The molecule has 1 aromatic carbocycles. The second-order valence-electron chi connectivity index (χ2n) is 6.65. The third kappa shape index (κ3) is 3.05. The van der Waals surface area contributed by atoms with Gasteiger partial charge in [-0.15, -0.1) is 0 Å². The monoisotopic (exact) mass is 338 g/mol. The van der Waals surface area contributed by atoms with E-state index in [4.69, 9.17) is 4.52 Å². The predicted molar refractivity (Wildman–Crippen MR) is 96.5 cm³/mol. The molecular weight excluding hydrogens is 316 g/mol. The molecule has 1 aliphatic heterocycles. The van der Waals surface area contributed by atoms with Gasteiger partial charge in [-0.2, -0.15) is 0 Å². The Morgan fingerprint density at radius 1 is 1.44 bits per heavy atom. The molecule has 0 saturated heterocycles. The molecule has 130 valence electrons. The van der Waals surface area contributed by atoms with Crippen molar-refractivity contribution < 1.29 is 9.32 Å². The number of aromatic amines is 1.